The standard InChI is InChI=1S/C23H18Cl2N4OS/c1-15-6-5-9-18(12-15)29-22(16-7-3-2-4-8-16)27-28-23(29)31-14-21(30)26-20-11-10-17(24)13-19(20)25/h2-13H,14H2,1H3,(H,26,30). The predicted octanol–water partition coefficient (Wildman–Crippen LogP) is 6.28. The number of aryl methyl sites for hydroxylation is 1. The number of nitrogens with zero attached hydrogens (tertiary/aromatic N) is 3. The largest absolute Gasteiger partial charge is 0.324 e. The number of carbonyl (C=O) groups excluding carboxylic acids is 1. The highest BCUT2D eigenvalue weighted by molar-refractivity contribution is 7.99. The van der Waals surface area contributed by atoms with Crippen molar-refractivity contribution < 1.29 is 4.79 Å². The number of nitrogens with one attached hydrogen (secondary N) is 1. The minimum absolute atomic E-state index is 0.150. The summed E-state index contributed by atoms with van der Waals surface area (Å²) in [6.45, 7) is 2.03. The van der Waals surface area contributed by atoms with Crippen LogP contribution in [-0.4, -0.2) is 26.4 Å². The molecule has 0 aliphatic rings. The number of thioether (sulfide) groups is 1. The second kappa shape index (κ2) is 9.56. The van der Waals surface area contributed by atoms with E-state index in [1.165, 1.54) is 11.8 Å². The Morgan fingerprint density at radius 2 is 1.81 bits per heavy atom. The lowest BCUT2D eigenvalue weighted by molar-refractivity contribution is -0.113. The van der Waals surface area contributed by atoms with Crippen LogP contribution >= 0.6 is 35.0 Å². The molecule has 0 spiro atoms. The van der Waals surface area contributed by atoms with Gasteiger partial charge in [-0.2, -0.15) is 0 Å². The summed E-state index contributed by atoms with van der Waals surface area (Å²) in [4.78, 5) is 12.5. The van der Waals surface area contributed by atoms with Gasteiger partial charge in [0.2, 0.25) is 5.91 Å². The minimum Gasteiger partial charge on any atom is -0.324 e. The van der Waals surface area contributed by atoms with Crippen LogP contribution < -0.4 is 5.32 Å². The summed E-state index contributed by atoms with van der Waals surface area (Å²) in [5, 5.41) is 13.1. The molecule has 0 bridgehead atoms. The molecule has 31 heavy (non-hydrogen) atoms. The third-order valence-electron chi connectivity index (χ3n) is 4.46. The summed E-state index contributed by atoms with van der Waals surface area (Å²) in [6, 6.07) is 22.9. The number of halogens is 2. The third kappa shape index (κ3) is 5.10. The minimum atomic E-state index is -0.200. The molecule has 3 aromatic carbocycles. The molecule has 4 rings (SSSR count). The Labute approximate surface area is 194 Å². The lowest BCUT2D eigenvalue weighted by Crippen LogP contribution is -2.15. The Morgan fingerprint density at radius 3 is 2.55 bits per heavy atom. The van der Waals surface area contributed by atoms with E-state index >= 15 is 0 Å². The van der Waals surface area contributed by atoms with Crippen molar-refractivity contribution in [2.75, 3.05) is 11.1 Å². The van der Waals surface area contributed by atoms with Crippen molar-refractivity contribution in [3.63, 3.8) is 0 Å². The molecule has 0 radical (unpaired) electrons. The summed E-state index contributed by atoms with van der Waals surface area (Å²) >= 11 is 13.4. The first-order valence-corrected chi connectivity index (χ1v) is 11.2. The second-order valence-corrected chi connectivity index (χ2v) is 8.59. The van der Waals surface area contributed by atoms with Gasteiger partial charge in [0, 0.05) is 16.3 Å². The number of anilines is 1. The number of rotatable bonds is 6. The summed E-state index contributed by atoms with van der Waals surface area (Å²) in [5.41, 5.74) is 3.52. The number of amides is 1. The summed E-state index contributed by atoms with van der Waals surface area (Å²) < 4.78 is 1.97. The fraction of sp³-hybridized carbons (Fsp3) is 0.0870. The van der Waals surface area contributed by atoms with Crippen LogP contribution in [0, 0.1) is 6.92 Å². The lowest BCUT2D eigenvalue weighted by atomic mass is 10.2. The van der Waals surface area contributed by atoms with Crippen molar-refractivity contribution in [3.05, 3.63) is 88.4 Å². The van der Waals surface area contributed by atoms with Gasteiger partial charge in [0.15, 0.2) is 11.0 Å². The van der Waals surface area contributed by atoms with E-state index in [1.807, 2.05) is 60.0 Å². The summed E-state index contributed by atoms with van der Waals surface area (Å²) in [6.07, 6.45) is 0. The molecular formula is C23H18Cl2N4OS. The molecule has 156 valence electrons. The zero-order valence-electron chi connectivity index (χ0n) is 16.5. The van der Waals surface area contributed by atoms with Crippen LogP contribution in [0.25, 0.3) is 17.1 Å². The average Bonchev–Trinajstić information content (AvgIpc) is 3.19. The van der Waals surface area contributed by atoms with Gasteiger partial charge in [-0.1, -0.05) is 77.4 Å². The zero-order chi connectivity index (χ0) is 21.8. The maximum absolute atomic E-state index is 12.5. The maximum atomic E-state index is 12.5. The highest BCUT2D eigenvalue weighted by atomic mass is 35.5. The number of hydrogen-bond acceptors (Lipinski definition) is 4. The molecular weight excluding hydrogens is 451 g/mol. The fourth-order valence-corrected chi connectivity index (χ4v) is 4.25. The molecule has 0 saturated carbocycles. The smallest absolute Gasteiger partial charge is 0.234 e. The van der Waals surface area contributed by atoms with Crippen LogP contribution in [-0.2, 0) is 4.79 Å². The zero-order valence-corrected chi connectivity index (χ0v) is 18.9. The molecule has 8 heteroatoms. The lowest BCUT2D eigenvalue weighted by Gasteiger charge is -2.11. The van der Waals surface area contributed by atoms with E-state index in [0.717, 1.165) is 22.6 Å². The van der Waals surface area contributed by atoms with Crippen LogP contribution in [0.3, 0.4) is 0 Å². The molecule has 4 aromatic rings. The third-order valence-corrected chi connectivity index (χ3v) is 5.94. The quantitative estimate of drug-likeness (QED) is 0.338. The molecule has 1 N–H and O–H groups in total. The van der Waals surface area contributed by atoms with Crippen molar-refractivity contribution >= 4 is 46.6 Å². The topological polar surface area (TPSA) is 59.8 Å². The van der Waals surface area contributed by atoms with Crippen molar-refractivity contribution in [1.82, 2.24) is 14.8 Å². The van der Waals surface area contributed by atoms with E-state index in [9.17, 15) is 4.79 Å². The summed E-state index contributed by atoms with van der Waals surface area (Å²) in [7, 11) is 0. The second-order valence-electron chi connectivity index (χ2n) is 6.81. The Morgan fingerprint density at radius 1 is 1.00 bits per heavy atom. The van der Waals surface area contributed by atoms with Gasteiger partial charge in [-0.25, -0.2) is 0 Å². The Hall–Kier alpha value is -2.80. The van der Waals surface area contributed by atoms with E-state index in [0.29, 0.717) is 20.9 Å². The van der Waals surface area contributed by atoms with Crippen molar-refractivity contribution in [1.29, 1.82) is 0 Å². The molecule has 1 amide bonds. The molecule has 0 aliphatic carbocycles. The van der Waals surface area contributed by atoms with E-state index in [4.69, 9.17) is 23.2 Å². The number of aromatic nitrogens is 3. The predicted molar refractivity (Wildman–Crippen MR) is 127 cm³/mol. The molecule has 0 fully saturated rings. The molecule has 0 saturated heterocycles. The summed E-state index contributed by atoms with van der Waals surface area (Å²) in [5.74, 6) is 0.668. The first-order chi connectivity index (χ1) is 15.0. The van der Waals surface area contributed by atoms with Gasteiger partial charge in [-0.15, -0.1) is 10.2 Å². The van der Waals surface area contributed by atoms with E-state index in [1.54, 1.807) is 18.2 Å². The molecule has 5 nitrogen and oxygen atoms in total. The fourth-order valence-electron chi connectivity index (χ4n) is 3.04. The Kier molecular flexibility index (Phi) is 6.61. The van der Waals surface area contributed by atoms with Crippen LogP contribution in [0.1, 0.15) is 5.56 Å². The Balaban J connectivity index is 1.59. The monoisotopic (exact) mass is 468 g/mol. The van der Waals surface area contributed by atoms with Gasteiger partial charge < -0.3 is 5.32 Å². The van der Waals surface area contributed by atoms with Gasteiger partial charge in [-0.05, 0) is 42.8 Å². The van der Waals surface area contributed by atoms with E-state index in [-0.39, 0.29) is 11.7 Å². The highest BCUT2D eigenvalue weighted by Gasteiger charge is 2.17. The molecule has 1 heterocycles. The number of benzene rings is 3. The first kappa shape index (κ1) is 21.4. The highest BCUT2D eigenvalue weighted by Crippen LogP contribution is 2.29. The van der Waals surface area contributed by atoms with Crippen molar-refractivity contribution in [2.24, 2.45) is 0 Å². The van der Waals surface area contributed by atoms with Gasteiger partial charge >= 0.3 is 0 Å². The SMILES string of the molecule is Cc1cccc(-n2c(SCC(=O)Nc3ccc(Cl)cc3Cl)nnc2-c2ccccc2)c1. The van der Waals surface area contributed by atoms with Crippen molar-refractivity contribution in [2.45, 2.75) is 12.1 Å². The van der Waals surface area contributed by atoms with Crippen LogP contribution in [0.4, 0.5) is 5.69 Å². The van der Waals surface area contributed by atoms with Crippen LogP contribution in [0.2, 0.25) is 10.0 Å². The van der Waals surface area contributed by atoms with Crippen molar-refractivity contribution in [3.8, 4) is 17.1 Å². The number of hydrogen-bond donors (Lipinski definition) is 1. The molecule has 0 atom stereocenters. The molecule has 0 unspecified atom stereocenters. The van der Waals surface area contributed by atoms with E-state index in [2.05, 4.69) is 21.6 Å². The van der Waals surface area contributed by atoms with Gasteiger partial charge in [0.25, 0.3) is 0 Å². The average molecular weight is 469 g/mol. The molecule has 0 aliphatic heterocycles. The normalized spacial score (nSPS) is 10.8. The van der Waals surface area contributed by atoms with Gasteiger partial charge in [0.1, 0.15) is 0 Å². The van der Waals surface area contributed by atoms with Crippen LogP contribution in [0.5, 0.6) is 0 Å². The van der Waals surface area contributed by atoms with Crippen LogP contribution in [0.15, 0.2) is 78.0 Å². The maximum Gasteiger partial charge on any atom is 0.234 e. The Bertz CT molecular complexity index is 1230. The van der Waals surface area contributed by atoms with Gasteiger partial charge in [-0.3, -0.25) is 9.36 Å². The number of carbonyl (C=O) groups is 1. The van der Waals surface area contributed by atoms with E-state index < -0.39 is 0 Å². The van der Waals surface area contributed by atoms with Gasteiger partial charge in [0.05, 0.1) is 16.5 Å². The first-order valence-electron chi connectivity index (χ1n) is 9.47. The molecule has 1 aromatic heterocycles.